The SMILES string of the molecule is COc1ccc(S(=O)(=O)N2CCC[C@H](C(=O)NCC(=O)NC(C)C)C2)cc1. The van der Waals surface area contributed by atoms with Crippen molar-refractivity contribution in [3.63, 3.8) is 0 Å². The van der Waals surface area contributed by atoms with Crippen molar-refractivity contribution in [2.24, 2.45) is 5.92 Å². The highest BCUT2D eigenvalue weighted by molar-refractivity contribution is 7.89. The van der Waals surface area contributed by atoms with E-state index in [0.29, 0.717) is 25.1 Å². The highest BCUT2D eigenvalue weighted by Gasteiger charge is 2.33. The van der Waals surface area contributed by atoms with Crippen molar-refractivity contribution >= 4 is 21.8 Å². The summed E-state index contributed by atoms with van der Waals surface area (Å²) in [6, 6.07) is 6.17. The number of methoxy groups -OCH3 is 1. The van der Waals surface area contributed by atoms with E-state index in [1.165, 1.54) is 23.5 Å². The quantitative estimate of drug-likeness (QED) is 0.706. The fourth-order valence-electron chi connectivity index (χ4n) is 2.96. The molecule has 8 nitrogen and oxygen atoms in total. The van der Waals surface area contributed by atoms with Gasteiger partial charge in [-0.05, 0) is 51.0 Å². The van der Waals surface area contributed by atoms with Gasteiger partial charge in [-0.15, -0.1) is 0 Å². The van der Waals surface area contributed by atoms with E-state index in [-0.39, 0.29) is 35.8 Å². The van der Waals surface area contributed by atoms with Gasteiger partial charge in [0.05, 0.1) is 24.5 Å². The topological polar surface area (TPSA) is 105 Å². The van der Waals surface area contributed by atoms with Crippen LogP contribution in [0.15, 0.2) is 29.2 Å². The van der Waals surface area contributed by atoms with Gasteiger partial charge in [-0.2, -0.15) is 4.31 Å². The molecule has 0 bridgehead atoms. The van der Waals surface area contributed by atoms with Crippen molar-refractivity contribution in [1.29, 1.82) is 0 Å². The zero-order valence-corrected chi connectivity index (χ0v) is 16.7. The van der Waals surface area contributed by atoms with Gasteiger partial charge in [0.15, 0.2) is 0 Å². The number of benzene rings is 1. The Morgan fingerprint density at radius 2 is 1.93 bits per heavy atom. The monoisotopic (exact) mass is 397 g/mol. The average molecular weight is 397 g/mol. The Kier molecular flexibility index (Phi) is 7.20. The third kappa shape index (κ3) is 5.67. The van der Waals surface area contributed by atoms with Crippen molar-refractivity contribution in [3.05, 3.63) is 24.3 Å². The van der Waals surface area contributed by atoms with Crippen molar-refractivity contribution in [2.45, 2.75) is 37.6 Å². The number of nitrogens with zero attached hydrogens (tertiary/aromatic N) is 1. The van der Waals surface area contributed by atoms with Crippen LogP contribution in [0.3, 0.4) is 0 Å². The lowest BCUT2D eigenvalue weighted by molar-refractivity contribution is -0.129. The Hall–Kier alpha value is -2.13. The number of carbonyl (C=O) groups excluding carboxylic acids is 2. The predicted molar refractivity (Wildman–Crippen MR) is 101 cm³/mol. The fraction of sp³-hybridized carbons (Fsp3) is 0.556. The number of amides is 2. The third-order valence-corrected chi connectivity index (χ3v) is 6.20. The molecule has 0 saturated carbocycles. The van der Waals surface area contributed by atoms with Crippen LogP contribution in [0.1, 0.15) is 26.7 Å². The lowest BCUT2D eigenvalue weighted by Crippen LogP contribution is -2.47. The number of hydrogen-bond acceptors (Lipinski definition) is 5. The first-order chi connectivity index (χ1) is 12.7. The summed E-state index contributed by atoms with van der Waals surface area (Å²) in [5, 5.41) is 5.29. The molecule has 0 spiro atoms. The van der Waals surface area contributed by atoms with Gasteiger partial charge >= 0.3 is 0 Å². The Bertz CT molecular complexity index is 762. The molecule has 1 fully saturated rings. The fourth-order valence-corrected chi connectivity index (χ4v) is 4.48. The van der Waals surface area contributed by atoms with Crippen LogP contribution in [-0.2, 0) is 19.6 Å². The first kappa shape index (κ1) is 21.2. The number of rotatable bonds is 7. The van der Waals surface area contributed by atoms with Crippen molar-refractivity contribution in [2.75, 3.05) is 26.7 Å². The van der Waals surface area contributed by atoms with E-state index in [1.54, 1.807) is 12.1 Å². The second-order valence-corrected chi connectivity index (χ2v) is 8.76. The van der Waals surface area contributed by atoms with E-state index in [9.17, 15) is 18.0 Å². The molecule has 1 saturated heterocycles. The summed E-state index contributed by atoms with van der Waals surface area (Å²) in [4.78, 5) is 24.2. The first-order valence-corrected chi connectivity index (χ1v) is 10.4. The molecule has 2 rings (SSSR count). The van der Waals surface area contributed by atoms with E-state index in [1.807, 2.05) is 13.8 Å². The summed E-state index contributed by atoms with van der Waals surface area (Å²) in [5.41, 5.74) is 0. The molecule has 0 unspecified atom stereocenters. The van der Waals surface area contributed by atoms with Crippen LogP contribution in [0.2, 0.25) is 0 Å². The molecule has 1 atom stereocenters. The largest absolute Gasteiger partial charge is 0.497 e. The molecule has 2 N–H and O–H groups in total. The van der Waals surface area contributed by atoms with Crippen LogP contribution in [0.5, 0.6) is 5.75 Å². The molecule has 150 valence electrons. The lowest BCUT2D eigenvalue weighted by Gasteiger charge is -2.31. The van der Waals surface area contributed by atoms with Crippen molar-refractivity contribution in [3.8, 4) is 5.75 Å². The summed E-state index contributed by atoms with van der Waals surface area (Å²) >= 11 is 0. The predicted octanol–water partition coefficient (Wildman–Crippen LogP) is 0.737. The van der Waals surface area contributed by atoms with Gasteiger partial charge in [0, 0.05) is 19.1 Å². The minimum absolute atomic E-state index is 0.00536. The van der Waals surface area contributed by atoms with Crippen molar-refractivity contribution in [1.82, 2.24) is 14.9 Å². The minimum atomic E-state index is -3.68. The Morgan fingerprint density at radius 3 is 2.52 bits per heavy atom. The van der Waals surface area contributed by atoms with Gasteiger partial charge in [0.2, 0.25) is 21.8 Å². The molecule has 1 aliphatic rings. The number of piperidine rings is 1. The van der Waals surface area contributed by atoms with Gasteiger partial charge in [-0.1, -0.05) is 0 Å². The zero-order chi connectivity index (χ0) is 20.0. The number of sulfonamides is 1. The van der Waals surface area contributed by atoms with E-state index < -0.39 is 15.9 Å². The van der Waals surface area contributed by atoms with Crippen LogP contribution in [-0.4, -0.2) is 57.3 Å². The third-order valence-electron chi connectivity index (χ3n) is 4.32. The smallest absolute Gasteiger partial charge is 0.243 e. The minimum Gasteiger partial charge on any atom is -0.497 e. The molecule has 0 radical (unpaired) electrons. The molecule has 1 aromatic carbocycles. The maximum Gasteiger partial charge on any atom is 0.243 e. The molecular weight excluding hydrogens is 370 g/mol. The number of ether oxygens (including phenoxy) is 1. The molecule has 9 heteroatoms. The molecule has 27 heavy (non-hydrogen) atoms. The van der Waals surface area contributed by atoms with Gasteiger partial charge in [0.1, 0.15) is 5.75 Å². The standard InChI is InChI=1S/C18H27N3O5S/c1-13(2)20-17(22)11-19-18(23)14-5-4-10-21(12-14)27(24,25)16-8-6-15(26-3)7-9-16/h6-9,13-14H,4-5,10-12H2,1-3H3,(H,19,23)(H,20,22)/t14-/m0/s1. The molecule has 1 aliphatic heterocycles. The van der Waals surface area contributed by atoms with E-state index in [2.05, 4.69) is 10.6 Å². The number of carbonyl (C=O) groups is 2. The van der Waals surface area contributed by atoms with Gasteiger partial charge in [-0.25, -0.2) is 8.42 Å². The Balaban J connectivity index is 1.99. The molecule has 0 aromatic heterocycles. The Labute approximate surface area is 160 Å². The van der Waals surface area contributed by atoms with E-state index in [0.717, 1.165) is 0 Å². The second kappa shape index (κ2) is 9.18. The van der Waals surface area contributed by atoms with E-state index in [4.69, 9.17) is 4.74 Å². The highest BCUT2D eigenvalue weighted by Crippen LogP contribution is 2.25. The zero-order valence-electron chi connectivity index (χ0n) is 15.9. The number of hydrogen-bond donors (Lipinski definition) is 2. The number of nitrogens with one attached hydrogen (secondary N) is 2. The molecule has 0 aliphatic carbocycles. The van der Waals surface area contributed by atoms with Crippen LogP contribution in [0.4, 0.5) is 0 Å². The summed E-state index contributed by atoms with van der Waals surface area (Å²) in [6.45, 7) is 4.03. The van der Waals surface area contributed by atoms with Gasteiger partial charge in [-0.3, -0.25) is 9.59 Å². The molecular formula is C18H27N3O5S. The maximum atomic E-state index is 12.8. The highest BCUT2D eigenvalue weighted by atomic mass is 32.2. The van der Waals surface area contributed by atoms with Crippen LogP contribution in [0.25, 0.3) is 0 Å². The second-order valence-electron chi connectivity index (χ2n) is 6.82. The van der Waals surface area contributed by atoms with Crippen LogP contribution < -0.4 is 15.4 Å². The molecule has 1 aromatic rings. The lowest BCUT2D eigenvalue weighted by atomic mass is 9.99. The van der Waals surface area contributed by atoms with Crippen LogP contribution >= 0.6 is 0 Å². The molecule has 2 amide bonds. The summed E-state index contributed by atoms with van der Waals surface area (Å²) < 4.78 is 32.0. The normalized spacial score (nSPS) is 18.1. The summed E-state index contributed by atoms with van der Waals surface area (Å²) in [5.74, 6) is -0.469. The van der Waals surface area contributed by atoms with Crippen molar-refractivity contribution < 1.29 is 22.7 Å². The van der Waals surface area contributed by atoms with Crippen LogP contribution in [0, 0.1) is 5.92 Å². The average Bonchev–Trinajstić information content (AvgIpc) is 2.65. The maximum absolute atomic E-state index is 12.8. The summed E-state index contributed by atoms with van der Waals surface area (Å²) in [6.07, 6.45) is 1.18. The first-order valence-electron chi connectivity index (χ1n) is 8.95. The van der Waals surface area contributed by atoms with Gasteiger partial charge in [0.25, 0.3) is 0 Å². The van der Waals surface area contributed by atoms with Gasteiger partial charge < -0.3 is 15.4 Å². The van der Waals surface area contributed by atoms with E-state index >= 15 is 0 Å². The Morgan fingerprint density at radius 1 is 1.26 bits per heavy atom. The summed E-state index contributed by atoms with van der Waals surface area (Å²) in [7, 11) is -2.17. The molecule has 1 heterocycles.